The topological polar surface area (TPSA) is 60.5 Å². The molecule has 2 fully saturated rings. The first-order valence-electron chi connectivity index (χ1n) is 11.9. The summed E-state index contributed by atoms with van der Waals surface area (Å²) in [5.41, 5.74) is 7.21. The van der Waals surface area contributed by atoms with E-state index in [9.17, 15) is 18.0 Å². The van der Waals surface area contributed by atoms with Crippen molar-refractivity contribution in [1.29, 1.82) is 0 Å². The zero-order valence-electron chi connectivity index (χ0n) is 19.4. The fraction of sp³-hybridized carbons (Fsp3) is 0.520. The second kappa shape index (κ2) is 10.7. The molecular formula is C25H32F3N5O. The normalized spacial score (nSPS) is 23.2. The first kappa shape index (κ1) is 24.5. The van der Waals surface area contributed by atoms with Crippen molar-refractivity contribution < 1.29 is 18.0 Å². The Bertz CT molecular complexity index is 955. The first-order chi connectivity index (χ1) is 16.3. The number of benzene rings is 1. The van der Waals surface area contributed by atoms with Gasteiger partial charge in [0.15, 0.2) is 0 Å². The molecule has 2 N–H and O–H groups in total. The number of aromatic nitrogens is 1. The lowest BCUT2D eigenvalue weighted by Gasteiger charge is -2.35. The number of nitrogens with zero attached hydrogens (tertiary/aromatic N) is 3. The summed E-state index contributed by atoms with van der Waals surface area (Å²) in [5, 5.41) is 0. The van der Waals surface area contributed by atoms with Crippen LogP contribution in [-0.4, -0.2) is 48.5 Å². The minimum absolute atomic E-state index is 0.00569. The number of rotatable bonds is 7. The van der Waals surface area contributed by atoms with Gasteiger partial charge in [-0.3, -0.25) is 15.6 Å². The molecule has 1 aromatic heterocycles. The van der Waals surface area contributed by atoms with Crippen molar-refractivity contribution in [2.24, 2.45) is 5.92 Å². The minimum atomic E-state index is -4.47. The maximum Gasteiger partial charge on any atom is 0.419 e. The molecule has 9 heteroatoms. The highest BCUT2D eigenvalue weighted by molar-refractivity contribution is 5.79. The number of hydrogen-bond acceptors (Lipinski definition) is 5. The molecule has 2 aromatic rings. The lowest BCUT2D eigenvalue weighted by molar-refractivity contribution is -0.137. The molecule has 6 nitrogen and oxygen atoms in total. The van der Waals surface area contributed by atoms with Gasteiger partial charge in [0, 0.05) is 45.0 Å². The van der Waals surface area contributed by atoms with E-state index in [0.29, 0.717) is 32.0 Å². The Morgan fingerprint density at radius 3 is 2.74 bits per heavy atom. The third-order valence-electron chi connectivity index (χ3n) is 6.77. The van der Waals surface area contributed by atoms with Gasteiger partial charge in [-0.2, -0.15) is 13.2 Å². The fourth-order valence-corrected chi connectivity index (χ4v) is 4.95. The predicted molar refractivity (Wildman–Crippen MR) is 125 cm³/mol. The maximum absolute atomic E-state index is 13.4. The molecule has 1 amide bonds. The summed E-state index contributed by atoms with van der Waals surface area (Å²) in [6.07, 6.45) is 1.03. The van der Waals surface area contributed by atoms with Gasteiger partial charge in [-0.15, -0.1) is 0 Å². The SMILES string of the molecule is CN(CCCC1CC(c2ccccc2)NN1)C(=O)C1CCCN(c2ncccc2C(F)(F)F)C1. The van der Waals surface area contributed by atoms with Gasteiger partial charge in [0.05, 0.1) is 11.5 Å². The van der Waals surface area contributed by atoms with Crippen LogP contribution < -0.4 is 15.8 Å². The summed E-state index contributed by atoms with van der Waals surface area (Å²) >= 11 is 0. The minimum Gasteiger partial charge on any atom is -0.355 e. The number of anilines is 1. The van der Waals surface area contributed by atoms with E-state index in [1.807, 2.05) is 18.2 Å². The van der Waals surface area contributed by atoms with E-state index in [1.165, 1.54) is 17.8 Å². The summed E-state index contributed by atoms with van der Waals surface area (Å²) in [6, 6.07) is 13.3. The highest BCUT2D eigenvalue weighted by atomic mass is 19.4. The third-order valence-corrected chi connectivity index (χ3v) is 6.77. The van der Waals surface area contributed by atoms with Gasteiger partial charge < -0.3 is 9.80 Å². The Kier molecular flexibility index (Phi) is 7.73. The number of hydrazine groups is 1. The zero-order valence-corrected chi connectivity index (χ0v) is 19.4. The number of pyridine rings is 1. The smallest absolute Gasteiger partial charge is 0.355 e. The number of carbonyl (C=O) groups excluding carboxylic acids is 1. The Labute approximate surface area is 198 Å². The van der Waals surface area contributed by atoms with Crippen LogP contribution in [0.15, 0.2) is 48.7 Å². The largest absolute Gasteiger partial charge is 0.419 e. The van der Waals surface area contributed by atoms with Crippen molar-refractivity contribution in [2.45, 2.75) is 50.4 Å². The molecule has 0 aliphatic carbocycles. The van der Waals surface area contributed by atoms with E-state index in [1.54, 1.807) is 16.8 Å². The third kappa shape index (κ3) is 5.88. The predicted octanol–water partition coefficient (Wildman–Crippen LogP) is 4.16. The van der Waals surface area contributed by atoms with Crippen LogP contribution in [0.1, 0.15) is 49.3 Å². The number of carbonyl (C=O) groups is 1. The molecule has 3 unspecified atom stereocenters. The highest BCUT2D eigenvalue weighted by Gasteiger charge is 2.37. The Balaban J connectivity index is 1.26. The lowest BCUT2D eigenvalue weighted by Crippen LogP contribution is -2.44. The number of alkyl halides is 3. The van der Waals surface area contributed by atoms with Gasteiger partial charge in [-0.1, -0.05) is 30.3 Å². The summed E-state index contributed by atoms with van der Waals surface area (Å²) in [6.45, 7) is 1.35. The van der Waals surface area contributed by atoms with Crippen molar-refractivity contribution >= 4 is 11.7 Å². The number of hydrogen-bond donors (Lipinski definition) is 2. The molecule has 0 spiro atoms. The molecule has 1 aromatic carbocycles. The van der Waals surface area contributed by atoms with E-state index < -0.39 is 11.7 Å². The quantitative estimate of drug-likeness (QED) is 0.630. The van der Waals surface area contributed by atoms with Crippen LogP contribution in [0.5, 0.6) is 0 Å². The number of halogens is 3. The molecular weight excluding hydrogens is 443 g/mol. The van der Waals surface area contributed by atoms with Gasteiger partial charge >= 0.3 is 6.18 Å². The summed E-state index contributed by atoms with van der Waals surface area (Å²) < 4.78 is 40.3. The van der Waals surface area contributed by atoms with E-state index in [4.69, 9.17) is 0 Å². The van der Waals surface area contributed by atoms with E-state index in [-0.39, 0.29) is 30.2 Å². The average molecular weight is 476 g/mol. The standard InChI is InChI=1S/C25H32F3N5O/c1-32(14-7-11-20-16-22(31-30-20)18-8-3-2-4-9-18)24(34)19-10-6-15-33(17-19)23-21(25(26,27)28)12-5-13-29-23/h2-5,8-9,12-13,19-20,22,30-31H,6-7,10-11,14-17H2,1H3. The van der Waals surface area contributed by atoms with Crippen molar-refractivity contribution in [3.63, 3.8) is 0 Å². The van der Waals surface area contributed by atoms with Gasteiger partial charge in [0.25, 0.3) is 0 Å². The van der Waals surface area contributed by atoms with Gasteiger partial charge in [0.1, 0.15) is 5.82 Å². The average Bonchev–Trinajstić information content (AvgIpc) is 3.32. The number of piperidine rings is 1. The second-order valence-corrected chi connectivity index (χ2v) is 9.24. The molecule has 2 aliphatic heterocycles. The van der Waals surface area contributed by atoms with Crippen LogP contribution in [-0.2, 0) is 11.0 Å². The first-order valence-corrected chi connectivity index (χ1v) is 11.9. The number of nitrogens with one attached hydrogen (secondary N) is 2. The van der Waals surface area contributed by atoms with Crippen molar-refractivity contribution in [3.05, 3.63) is 59.8 Å². The van der Waals surface area contributed by atoms with Crippen LogP contribution in [0.2, 0.25) is 0 Å². The number of amides is 1. The van der Waals surface area contributed by atoms with Crippen molar-refractivity contribution in [1.82, 2.24) is 20.7 Å². The van der Waals surface area contributed by atoms with Crippen LogP contribution in [0.3, 0.4) is 0 Å². The molecule has 0 radical (unpaired) electrons. The molecule has 3 heterocycles. The Hall–Kier alpha value is -2.65. The lowest BCUT2D eigenvalue weighted by atomic mass is 9.96. The molecule has 3 atom stereocenters. The van der Waals surface area contributed by atoms with Crippen molar-refractivity contribution in [3.8, 4) is 0 Å². The molecule has 4 rings (SSSR count). The summed E-state index contributed by atoms with van der Waals surface area (Å²) in [5.74, 6) is -0.410. The van der Waals surface area contributed by atoms with Crippen LogP contribution in [0, 0.1) is 5.92 Å². The van der Waals surface area contributed by atoms with Gasteiger partial charge in [-0.05, 0) is 49.8 Å². The van der Waals surface area contributed by atoms with Crippen molar-refractivity contribution in [2.75, 3.05) is 31.6 Å². The second-order valence-electron chi connectivity index (χ2n) is 9.24. The van der Waals surface area contributed by atoms with Crippen LogP contribution >= 0.6 is 0 Å². The fourth-order valence-electron chi connectivity index (χ4n) is 4.95. The molecule has 0 saturated carbocycles. The summed E-state index contributed by atoms with van der Waals surface area (Å²) in [7, 11) is 1.79. The Morgan fingerprint density at radius 2 is 1.97 bits per heavy atom. The molecule has 34 heavy (non-hydrogen) atoms. The molecule has 2 aliphatic rings. The monoisotopic (exact) mass is 475 g/mol. The molecule has 184 valence electrons. The zero-order chi connectivity index (χ0) is 24.1. The van der Waals surface area contributed by atoms with Crippen LogP contribution in [0.25, 0.3) is 0 Å². The molecule has 2 saturated heterocycles. The van der Waals surface area contributed by atoms with E-state index in [0.717, 1.165) is 25.3 Å². The molecule has 0 bridgehead atoms. The highest BCUT2D eigenvalue weighted by Crippen LogP contribution is 2.36. The van der Waals surface area contributed by atoms with Gasteiger partial charge in [-0.25, -0.2) is 4.98 Å². The summed E-state index contributed by atoms with van der Waals surface area (Å²) in [4.78, 5) is 20.4. The van der Waals surface area contributed by atoms with E-state index >= 15 is 0 Å². The van der Waals surface area contributed by atoms with E-state index in [2.05, 4.69) is 28.0 Å². The Morgan fingerprint density at radius 1 is 1.18 bits per heavy atom. The van der Waals surface area contributed by atoms with Crippen LogP contribution in [0.4, 0.5) is 19.0 Å². The van der Waals surface area contributed by atoms with Gasteiger partial charge in [0.2, 0.25) is 5.91 Å². The maximum atomic E-state index is 13.4.